The van der Waals surface area contributed by atoms with Gasteiger partial charge in [0.05, 0.1) is 5.69 Å². The molecule has 2 aromatic heterocycles. The molecular weight excluding hydrogens is 397 g/mol. The van der Waals surface area contributed by atoms with Gasteiger partial charge in [-0.15, -0.1) is 10.2 Å². The van der Waals surface area contributed by atoms with E-state index in [1.807, 2.05) is 45.9 Å². The molecule has 31 heavy (non-hydrogen) atoms. The lowest BCUT2D eigenvalue weighted by Crippen LogP contribution is -2.44. The average molecular weight is 423 g/mol. The van der Waals surface area contributed by atoms with Crippen molar-refractivity contribution in [2.45, 2.75) is 58.1 Å². The number of hydrogen-bond acceptors (Lipinski definition) is 5. The van der Waals surface area contributed by atoms with Crippen LogP contribution in [-0.4, -0.2) is 37.5 Å². The second-order valence-corrected chi connectivity index (χ2v) is 8.90. The first-order valence-corrected chi connectivity index (χ1v) is 10.3. The Morgan fingerprint density at radius 3 is 2.55 bits per heavy atom. The minimum absolute atomic E-state index is 0.00176. The van der Waals surface area contributed by atoms with Crippen LogP contribution in [0.25, 0.3) is 17.2 Å². The number of carbonyl (C=O) groups is 1. The molecule has 1 N–H and O–H groups in total. The maximum absolute atomic E-state index is 14.7. The van der Waals surface area contributed by atoms with Gasteiger partial charge in [0, 0.05) is 17.2 Å². The number of nitrogens with one attached hydrogen (secondary N) is 1. The summed E-state index contributed by atoms with van der Waals surface area (Å²) < 4.78 is 22.0. The number of aromatic nitrogens is 4. The molecule has 1 amide bonds. The summed E-state index contributed by atoms with van der Waals surface area (Å²) in [5.41, 5.74) is 1.47. The number of benzene rings is 1. The number of rotatable bonds is 4. The van der Waals surface area contributed by atoms with E-state index in [-0.39, 0.29) is 23.4 Å². The molecule has 8 heteroatoms. The zero-order chi connectivity index (χ0) is 22.2. The van der Waals surface area contributed by atoms with Gasteiger partial charge >= 0.3 is 6.09 Å². The fourth-order valence-corrected chi connectivity index (χ4v) is 3.62. The molecule has 7 nitrogen and oxygen atoms in total. The van der Waals surface area contributed by atoms with Crippen molar-refractivity contribution >= 4 is 6.09 Å². The Hall–Kier alpha value is -3.29. The van der Waals surface area contributed by atoms with E-state index in [4.69, 9.17) is 4.74 Å². The lowest BCUT2D eigenvalue weighted by atomic mass is 9.81. The number of amides is 1. The van der Waals surface area contributed by atoms with Crippen molar-refractivity contribution in [3.63, 3.8) is 0 Å². The van der Waals surface area contributed by atoms with Gasteiger partial charge in [-0.05, 0) is 64.8 Å². The highest BCUT2D eigenvalue weighted by molar-refractivity contribution is 5.68. The maximum Gasteiger partial charge on any atom is 0.407 e. The zero-order valence-electron chi connectivity index (χ0n) is 18.1. The lowest BCUT2D eigenvalue weighted by molar-refractivity contribution is 0.0336. The average Bonchev–Trinajstić information content (AvgIpc) is 3.07. The molecule has 1 aliphatic carbocycles. The normalized spacial score (nSPS) is 18.4. The molecule has 0 radical (unpaired) electrons. The van der Waals surface area contributed by atoms with Crippen LogP contribution in [0.5, 0.6) is 0 Å². The summed E-state index contributed by atoms with van der Waals surface area (Å²) in [7, 11) is 0. The van der Waals surface area contributed by atoms with Crippen molar-refractivity contribution in [2.75, 3.05) is 0 Å². The summed E-state index contributed by atoms with van der Waals surface area (Å²) >= 11 is 0. The first-order valence-electron chi connectivity index (χ1n) is 10.3. The number of pyridine rings is 1. The van der Waals surface area contributed by atoms with Crippen LogP contribution >= 0.6 is 0 Å². The summed E-state index contributed by atoms with van der Waals surface area (Å²) in [4.78, 5) is 16.6. The molecule has 162 valence electrons. The van der Waals surface area contributed by atoms with Crippen LogP contribution in [-0.2, 0) is 4.74 Å². The third-order valence-electron chi connectivity index (χ3n) is 5.11. The molecule has 1 aliphatic rings. The third-order valence-corrected chi connectivity index (χ3v) is 5.11. The number of hydrogen-bond donors (Lipinski definition) is 1. The van der Waals surface area contributed by atoms with Crippen molar-refractivity contribution in [3.8, 4) is 17.2 Å². The van der Waals surface area contributed by atoms with Gasteiger partial charge in [-0.1, -0.05) is 18.2 Å². The van der Waals surface area contributed by atoms with E-state index in [1.165, 1.54) is 6.07 Å². The molecule has 0 unspecified atom stereocenters. The van der Waals surface area contributed by atoms with E-state index in [0.29, 0.717) is 35.9 Å². The van der Waals surface area contributed by atoms with E-state index in [2.05, 4.69) is 20.5 Å². The molecule has 3 aromatic rings. The van der Waals surface area contributed by atoms with Crippen molar-refractivity contribution in [1.29, 1.82) is 0 Å². The quantitative estimate of drug-likeness (QED) is 0.666. The highest BCUT2D eigenvalue weighted by atomic mass is 19.1. The van der Waals surface area contributed by atoms with Crippen LogP contribution in [0.1, 0.15) is 51.0 Å². The first-order chi connectivity index (χ1) is 14.7. The Bertz CT molecular complexity index is 1100. The van der Waals surface area contributed by atoms with E-state index in [9.17, 15) is 9.18 Å². The molecule has 2 heterocycles. The predicted molar refractivity (Wildman–Crippen MR) is 114 cm³/mol. The van der Waals surface area contributed by atoms with E-state index in [0.717, 1.165) is 5.69 Å². The van der Waals surface area contributed by atoms with E-state index >= 15 is 0 Å². The number of alkyl carbamates (subject to hydrolysis) is 1. The Morgan fingerprint density at radius 1 is 1.13 bits per heavy atom. The highest BCUT2D eigenvalue weighted by Crippen LogP contribution is 2.40. The Kier molecular flexibility index (Phi) is 5.47. The second kappa shape index (κ2) is 8.09. The third kappa shape index (κ3) is 4.57. The molecule has 1 saturated carbocycles. The Labute approximate surface area is 180 Å². The number of para-hydroxylation sites is 1. The summed E-state index contributed by atoms with van der Waals surface area (Å²) in [6, 6.07) is 12.2. The Morgan fingerprint density at radius 2 is 1.87 bits per heavy atom. The number of halogens is 1. The zero-order valence-corrected chi connectivity index (χ0v) is 18.1. The number of nitrogens with zero attached hydrogens (tertiary/aromatic N) is 4. The minimum atomic E-state index is -0.434. The van der Waals surface area contributed by atoms with Gasteiger partial charge in [0.1, 0.15) is 23.4 Å². The van der Waals surface area contributed by atoms with Crippen LogP contribution < -0.4 is 5.32 Å². The van der Waals surface area contributed by atoms with Crippen LogP contribution in [0.3, 0.4) is 0 Å². The van der Waals surface area contributed by atoms with Crippen molar-refractivity contribution in [3.05, 3.63) is 59.8 Å². The topological polar surface area (TPSA) is 81.9 Å². The van der Waals surface area contributed by atoms with Gasteiger partial charge < -0.3 is 10.1 Å². The molecule has 1 fully saturated rings. The largest absolute Gasteiger partial charge is 0.446 e. The maximum atomic E-state index is 14.7. The smallest absolute Gasteiger partial charge is 0.407 e. The molecular formula is C23H26FN5O2. The van der Waals surface area contributed by atoms with Crippen LogP contribution in [0.15, 0.2) is 42.5 Å². The predicted octanol–water partition coefficient (Wildman–Crippen LogP) is 4.55. The molecule has 0 spiro atoms. The van der Waals surface area contributed by atoms with Crippen LogP contribution in [0.2, 0.25) is 0 Å². The molecule has 0 aliphatic heterocycles. The Balaban J connectivity index is 1.61. The van der Waals surface area contributed by atoms with Gasteiger partial charge in [0.2, 0.25) is 0 Å². The number of carbonyl (C=O) groups excluding carboxylic acids is 1. The lowest BCUT2D eigenvalue weighted by Gasteiger charge is -2.35. The minimum Gasteiger partial charge on any atom is -0.446 e. The summed E-state index contributed by atoms with van der Waals surface area (Å²) in [6.45, 7) is 7.59. The fraction of sp³-hybridized carbons (Fsp3) is 0.391. The molecule has 4 rings (SSSR count). The number of ether oxygens (including phenoxy) is 1. The van der Waals surface area contributed by atoms with Gasteiger partial charge in [-0.25, -0.2) is 14.2 Å². The van der Waals surface area contributed by atoms with Crippen LogP contribution in [0, 0.1) is 12.7 Å². The summed E-state index contributed by atoms with van der Waals surface area (Å²) in [5.74, 6) is 0.755. The van der Waals surface area contributed by atoms with Crippen LogP contribution in [0.4, 0.5) is 9.18 Å². The molecule has 0 saturated heterocycles. The molecule has 0 bridgehead atoms. The summed E-state index contributed by atoms with van der Waals surface area (Å²) in [6.07, 6.45) is 0.561. The summed E-state index contributed by atoms with van der Waals surface area (Å²) in [5, 5.41) is 11.5. The second-order valence-electron chi connectivity index (χ2n) is 8.90. The highest BCUT2D eigenvalue weighted by Gasteiger charge is 2.38. The monoisotopic (exact) mass is 423 g/mol. The van der Waals surface area contributed by atoms with Crippen molar-refractivity contribution in [1.82, 2.24) is 25.1 Å². The first kappa shape index (κ1) is 21.0. The van der Waals surface area contributed by atoms with Crippen molar-refractivity contribution < 1.29 is 13.9 Å². The van der Waals surface area contributed by atoms with E-state index in [1.54, 1.807) is 22.8 Å². The fourth-order valence-electron chi connectivity index (χ4n) is 3.62. The molecule has 0 atom stereocenters. The van der Waals surface area contributed by atoms with E-state index < -0.39 is 6.09 Å². The number of aryl methyl sites for hydroxylation is 1. The van der Waals surface area contributed by atoms with Gasteiger partial charge in [0.15, 0.2) is 5.82 Å². The van der Waals surface area contributed by atoms with Gasteiger partial charge in [0.25, 0.3) is 0 Å². The molecule has 1 aromatic carbocycles. The van der Waals surface area contributed by atoms with Gasteiger partial charge in [-0.2, -0.15) is 0 Å². The SMILES string of the molecule is Cc1cccc(-c2nnc(C3CC(OC(=O)NC(C)(C)C)C3)n2-c2ccccc2F)n1. The standard InChI is InChI=1S/C23H26FN5O2/c1-14-8-7-10-18(25-14)21-28-27-20(29(21)19-11-6-5-9-17(19)24)15-12-16(13-15)31-22(30)26-23(2,3)4/h5-11,15-16H,12-13H2,1-4H3,(H,26,30). The van der Waals surface area contributed by atoms with Crippen molar-refractivity contribution in [2.24, 2.45) is 0 Å². The van der Waals surface area contributed by atoms with Gasteiger partial charge in [-0.3, -0.25) is 4.57 Å².